The van der Waals surface area contributed by atoms with Gasteiger partial charge in [0.15, 0.2) is 11.6 Å². The number of hydrogen-bond donors (Lipinski definition) is 1. The summed E-state index contributed by atoms with van der Waals surface area (Å²) in [6.07, 6.45) is 1.93. The summed E-state index contributed by atoms with van der Waals surface area (Å²) in [4.78, 5) is 0. The summed E-state index contributed by atoms with van der Waals surface area (Å²) in [5.41, 5.74) is 0.871. The lowest BCUT2D eigenvalue weighted by Gasteiger charge is -2.32. The minimum Gasteiger partial charge on any atom is -0.487 e. The van der Waals surface area contributed by atoms with Crippen LogP contribution in [0.25, 0.3) is 0 Å². The average molecular weight is 295 g/mol. The van der Waals surface area contributed by atoms with Gasteiger partial charge in [-0.15, -0.1) is 0 Å². The van der Waals surface area contributed by atoms with Crippen LogP contribution in [0.2, 0.25) is 0 Å². The number of para-hydroxylation sites is 1. The molecule has 1 saturated heterocycles. The highest BCUT2D eigenvalue weighted by molar-refractivity contribution is 5.35. The molecule has 1 fully saturated rings. The van der Waals surface area contributed by atoms with E-state index in [0.717, 1.165) is 18.4 Å². The first-order valence-corrected chi connectivity index (χ1v) is 7.78. The molecule has 0 aliphatic carbocycles. The second-order valence-corrected chi connectivity index (χ2v) is 6.23. The van der Waals surface area contributed by atoms with E-state index in [2.05, 4.69) is 19.2 Å². The largest absolute Gasteiger partial charge is 0.487 e. The molecule has 0 spiro atoms. The summed E-state index contributed by atoms with van der Waals surface area (Å²) < 4.78 is 25.8. The Morgan fingerprint density at radius 1 is 1.29 bits per heavy atom. The van der Waals surface area contributed by atoms with Crippen LogP contribution in [0.1, 0.15) is 46.1 Å². The van der Waals surface area contributed by atoms with E-state index in [1.54, 1.807) is 6.07 Å². The molecule has 0 radical (unpaired) electrons. The van der Waals surface area contributed by atoms with E-state index in [1.165, 1.54) is 6.07 Å². The molecule has 1 aliphatic heterocycles. The molecule has 1 unspecified atom stereocenters. The van der Waals surface area contributed by atoms with Crippen molar-refractivity contribution in [2.24, 2.45) is 0 Å². The lowest BCUT2D eigenvalue weighted by molar-refractivity contribution is -0.0729. The Labute approximate surface area is 126 Å². The van der Waals surface area contributed by atoms with Crippen molar-refractivity contribution >= 4 is 0 Å². The summed E-state index contributed by atoms with van der Waals surface area (Å²) in [6.45, 7) is 8.83. The number of rotatable bonds is 5. The molecule has 0 amide bonds. The van der Waals surface area contributed by atoms with E-state index in [1.807, 2.05) is 19.9 Å². The van der Waals surface area contributed by atoms with E-state index in [9.17, 15) is 4.39 Å². The van der Waals surface area contributed by atoms with Gasteiger partial charge in [0, 0.05) is 31.0 Å². The Balaban J connectivity index is 2.10. The Morgan fingerprint density at radius 3 is 2.57 bits per heavy atom. The van der Waals surface area contributed by atoms with Gasteiger partial charge in [-0.3, -0.25) is 0 Å². The minimum absolute atomic E-state index is 0.0125. The van der Waals surface area contributed by atoms with E-state index in [0.29, 0.717) is 18.3 Å². The monoisotopic (exact) mass is 295 g/mol. The van der Waals surface area contributed by atoms with Gasteiger partial charge in [0.25, 0.3) is 0 Å². The SMILES string of the molecule is CC(C)NCc1cccc(F)c1OC1C[C@@H](C)O[C@@H](C)C1. The van der Waals surface area contributed by atoms with Crippen LogP contribution in [0.5, 0.6) is 5.75 Å². The van der Waals surface area contributed by atoms with Gasteiger partial charge in [-0.25, -0.2) is 4.39 Å². The molecule has 0 bridgehead atoms. The van der Waals surface area contributed by atoms with Crippen molar-refractivity contribution in [2.45, 2.75) is 71.4 Å². The number of nitrogens with one attached hydrogen (secondary N) is 1. The quantitative estimate of drug-likeness (QED) is 0.899. The predicted molar refractivity (Wildman–Crippen MR) is 82.0 cm³/mol. The summed E-state index contributed by atoms with van der Waals surface area (Å²) in [7, 11) is 0. The lowest BCUT2D eigenvalue weighted by atomic mass is 10.0. The highest BCUT2D eigenvalue weighted by atomic mass is 19.1. The lowest BCUT2D eigenvalue weighted by Crippen LogP contribution is -2.36. The van der Waals surface area contributed by atoms with Crippen molar-refractivity contribution in [3.63, 3.8) is 0 Å². The molecule has 1 aromatic carbocycles. The first kappa shape index (κ1) is 16.2. The van der Waals surface area contributed by atoms with Crippen molar-refractivity contribution < 1.29 is 13.9 Å². The molecule has 4 heteroatoms. The van der Waals surface area contributed by atoms with Crippen molar-refractivity contribution in [3.8, 4) is 5.75 Å². The maximum absolute atomic E-state index is 14.1. The Kier molecular flexibility index (Phi) is 5.59. The first-order valence-electron chi connectivity index (χ1n) is 7.78. The Morgan fingerprint density at radius 2 is 1.95 bits per heavy atom. The van der Waals surface area contributed by atoms with Crippen molar-refractivity contribution in [1.82, 2.24) is 5.32 Å². The first-order chi connectivity index (χ1) is 9.95. The van der Waals surface area contributed by atoms with Crippen LogP contribution in [-0.2, 0) is 11.3 Å². The molecule has 0 aromatic heterocycles. The topological polar surface area (TPSA) is 30.5 Å². The zero-order chi connectivity index (χ0) is 15.4. The normalized spacial score (nSPS) is 26.1. The molecule has 1 N–H and O–H groups in total. The number of ether oxygens (including phenoxy) is 2. The van der Waals surface area contributed by atoms with E-state index in [4.69, 9.17) is 9.47 Å². The third-order valence-electron chi connectivity index (χ3n) is 3.69. The molecule has 3 atom stereocenters. The van der Waals surface area contributed by atoms with Crippen LogP contribution < -0.4 is 10.1 Å². The van der Waals surface area contributed by atoms with Crippen LogP contribution in [0, 0.1) is 5.82 Å². The molecular formula is C17H26FNO2. The fraction of sp³-hybridized carbons (Fsp3) is 0.647. The van der Waals surface area contributed by atoms with Gasteiger partial charge in [0.2, 0.25) is 0 Å². The molecule has 118 valence electrons. The Hall–Kier alpha value is -1.13. The van der Waals surface area contributed by atoms with Gasteiger partial charge in [-0.05, 0) is 19.9 Å². The van der Waals surface area contributed by atoms with Crippen molar-refractivity contribution in [3.05, 3.63) is 29.6 Å². The third kappa shape index (κ3) is 4.68. The molecular weight excluding hydrogens is 269 g/mol. The maximum atomic E-state index is 14.1. The highest BCUT2D eigenvalue weighted by Crippen LogP contribution is 2.29. The van der Waals surface area contributed by atoms with Crippen LogP contribution in [0.15, 0.2) is 18.2 Å². The van der Waals surface area contributed by atoms with Crippen LogP contribution in [-0.4, -0.2) is 24.4 Å². The van der Waals surface area contributed by atoms with E-state index in [-0.39, 0.29) is 24.1 Å². The zero-order valence-corrected chi connectivity index (χ0v) is 13.4. The van der Waals surface area contributed by atoms with Crippen molar-refractivity contribution in [2.75, 3.05) is 0 Å². The van der Waals surface area contributed by atoms with Gasteiger partial charge in [-0.1, -0.05) is 26.0 Å². The van der Waals surface area contributed by atoms with E-state index < -0.39 is 0 Å². The fourth-order valence-corrected chi connectivity index (χ4v) is 2.75. The van der Waals surface area contributed by atoms with Gasteiger partial charge in [0.05, 0.1) is 12.2 Å². The van der Waals surface area contributed by atoms with Gasteiger partial charge < -0.3 is 14.8 Å². The Bertz CT molecular complexity index is 454. The average Bonchev–Trinajstić information content (AvgIpc) is 2.38. The second kappa shape index (κ2) is 7.23. The molecule has 21 heavy (non-hydrogen) atoms. The number of halogens is 1. The fourth-order valence-electron chi connectivity index (χ4n) is 2.75. The van der Waals surface area contributed by atoms with Crippen LogP contribution in [0.4, 0.5) is 4.39 Å². The summed E-state index contributed by atoms with van der Waals surface area (Å²) in [5.74, 6) is 0.0989. The maximum Gasteiger partial charge on any atom is 0.165 e. The molecule has 3 nitrogen and oxygen atoms in total. The summed E-state index contributed by atoms with van der Waals surface area (Å²) >= 11 is 0. The summed E-state index contributed by atoms with van der Waals surface area (Å²) in [6, 6.07) is 5.46. The van der Waals surface area contributed by atoms with Gasteiger partial charge in [-0.2, -0.15) is 0 Å². The highest BCUT2D eigenvalue weighted by Gasteiger charge is 2.27. The smallest absolute Gasteiger partial charge is 0.165 e. The zero-order valence-electron chi connectivity index (χ0n) is 13.4. The van der Waals surface area contributed by atoms with Gasteiger partial charge in [0.1, 0.15) is 6.10 Å². The molecule has 1 heterocycles. The van der Waals surface area contributed by atoms with E-state index >= 15 is 0 Å². The molecule has 2 rings (SSSR count). The molecule has 1 aliphatic rings. The van der Waals surface area contributed by atoms with Crippen LogP contribution >= 0.6 is 0 Å². The number of benzene rings is 1. The second-order valence-electron chi connectivity index (χ2n) is 6.23. The van der Waals surface area contributed by atoms with Crippen molar-refractivity contribution in [1.29, 1.82) is 0 Å². The molecule has 0 saturated carbocycles. The third-order valence-corrected chi connectivity index (χ3v) is 3.69. The molecule has 1 aromatic rings. The minimum atomic E-state index is -0.287. The number of hydrogen-bond acceptors (Lipinski definition) is 3. The standard InChI is InChI=1S/C17H26FNO2/c1-11(2)19-10-14-6-5-7-16(18)17(14)21-15-8-12(3)20-13(4)9-15/h5-7,11-13,15,19H,8-10H2,1-4H3/t12-,13+,15?. The van der Waals surface area contributed by atoms with Crippen LogP contribution in [0.3, 0.4) is 0 Å². The van der Waals surface area contributed by atoms with Gasteiger partial charge >= 0.3 is 0 Å². The predicted octanol–water partition coefficient (Wildman–Crippen LogP) is 3.66. The summed E-state index contributed by atoms with van der Waals surface area (Å²) in [5, 5.41) is 3.31.